The van der Waals surface area contributed by atoms with Gasteiger partial charge >= 0.3 is 0 Å². The summed E-state index contributed by atoms with van der Waals surface area (Å²) >= 11 is 0. The minimum absolute atomic E-state index is 0.687. The molecule has 0 atom stereocenters. The van der Waals surface area contributed by atoms with E-state index in [1.165, 1.54) is 66.8 Å². The first-order valence-electron chi connectivity index (χ1n) is 20.1. The summed E-state index contributed by atoms with van der Waals surface area (Å²) in [7, 11) is 0. The first-order chi connectivity index (χ1) is 29.0. The molecule has 0 heterocycles. The summed E-state index contributed by atoms with van der Waals surface area (Å²) in [5.74, 6) is 0. The molecule has 0 N–H and O–H groups in total. The van der Waals surface area contributed by atoms with Crippen LogP contribution in [0.25, 0.3) is 66.8 Å². The topological polar surface area (TPSA) is 20.3 Å². The van der Waals surface area contributed by atoms with Gasteiger partial charge in [-0.05, 0) is 117 Å². The fraction of sp³-hybridized carbons (Fsp3) is 0.0351. The van der Waals surface area contributed by atoms with Crippen LogP contribution < -0.4 is 4.90 Å². The Kier molecular flexibility index (Phi) is 10.4. The molecule has 0 bridgehead atoms. The summed E-state index contributed by atoms with van der Waals surface area (Å²) in [4.78, 5) is 13.3. The highest BCUT2D eigenvalue weighted by molar-refractivity contribution is 5.81. The zero-order chi connectivity index (χ0) is 40.1. The predicted molar refractivity (Wildman–Crippen MR) is 249 cm³/mol. The van der Waals surface area contributed by atoms with Crippen LogP contribution in [0.15, 0.2) is 218 Å². The van der Waals surface area contributed by atoms with Crippen LogP contribution in [0.1, 0.15) is 21.5 Å². The monoisotopic (exact) mass is 757 g/mol. The highest BCUT2D eigenvalue weighted by Gasteiger charge is 2.13. The average Bonchev–Trinajstić information content (AvgIpc) is 3.31. The lowest BCUT2D eigenvalue weighted by molar-refractivity contribution is 0.112. The van der Waals surface area contributed by atoms with Crippen molar-refractivity contribution >= 4 is 23.3 Å². The number of carbonyl (C=O) groups is 1. The van der Waals surface area contributed by atoms with Gasteiger partial charge in [-0.25, -0.2) is 0 Å². The third-order valence-electron chi connectivity index (χ3n) is 11.2. The molecule has 59 heavy (non-hydrogen) atoms. The second-order valence-electron chi connectivity index (χ2n) is 15.2. The molecule has 2 nitrogen and oxygen atoms in total. The van der Waals surface area contributed by atoms with Crippen LogP contribution in [-0.2, 0) is 0 Å². The van der Waals surface area contributed by atoms with Crippen molar-refractivity contribution in [2.24, 2.45) is 0 Å². The normalized spacial score (nSPS) is 10.9. The summed E-state index contributed by atoms with van der Waals surface area (Å²) in [6, 6.07) is 77.9. The van der Waals surface area contributed by atoms with E-state index < -0.39 is 0 Å². The second-order valence-corrected chi connectivity index (χ2v) is 15.2. The van der Waals surface area contributed by atoms with E-state index in [2.05, 4.69) is 213 Å². The molecule has 9 aromatic rings. The second kappa shape index (κ2) is 16.5. The molecule has 0 saturated carbocycles. The largest absolute Gasteiger partial charge is 0.311 e. The molecule has 0 aliphatic heterocycles. The van der Waals surface area contributed by atoms with Crippen molar-refractivity contribution < 1.29 is 4.79 Å². The molecule has 2 heteroatoms. The van der Waals surface area contributed by atoms with Gasteiger partial charge in [0.25, 0.3) is 0 Å². The van der Waals surface area contributed by atoms with E-state index in [4.69, 9.17) is 0 Å². The summed E-state index contributed by atoms with van der Waals surface area (Å²) in [5.41, 5.74) is 20.7. The molecule has 9 rings (SSSR count). The third-order valence-corrected chi connectivity index (χ3v) is 11.2. The molecule has 0 saturated heterocycles. The van der Waals surface area contributed by atoms with Gasteiger partial charge < -0.3 is 4.90 Å². The Balaban J connectivity index is 0.849. The van der Waals surface area contributed by atoms with Crippen molar-refractivity contribution in [1.29, 1.82) is 0 Å². The lowest BCUT2D eigenvalue weighted by Crippen LogP contribution is -2.09. The van der Waals surface area contributed by atoms with Gasteiger partial charge in [-0.1, -0.05) is 193 Å². The molecule has 0 radical (unpaired) electrons. The Morgan fingerprint density at radius 1 is 0.254 bits per heavy atom. The zero-order valence-corrected chi connectivity index (χ0v) is 33.2. The molecule has 0 aliphatic carbocycles. The van der Waals surface area contributed by atoms with Crippen molar-refractivity contribution in [3.05, 3.63) is 235 Å². The standard InChI is InChI=1S/C57H43NO/c1-40-3-33-55(34-4-40)58(56-35-5-41(2)6-36-56)57-37-31-54(32-38-57)53-29-27-52(28-30-53)51-25-23-50(24-26-51)49-21-19-48(20-22-49)47-17-15-46(16-18-47)45-13-11-44(12-14-45)43-9-7-42(39-59)8-10-43/h3-39H,1-2H3. The van der Waals surface area contributed by atoms with Gasteiger partial charge in [0.15, 0.2) is 0 Å². The van der Waals surface area contributed by atoms with Crippen molar-refractivity contribution in [2.75, 3.05) is 4.90 Å². The molecule has 0 aliphatic rings. The van der Waals surface area contributed by atoms with E-state index in [0.29, 0.717) is 5.56 Å². The number of aldehydes is 1. The molecule has 0 fully saturated rings. The quantitative estimate of drug-likeness (QED) is 0.130. The summed E-state index contributed by atoms with van der Waals surface area (Å²) in [5, 5.41) is 0. The van der Waals surface area contributed by atoms with Crippen molar-refractivity contribution in [2.45, 2.75) is 13.8 Å². The summed E-state index contributed by atoms with van der Waals surface area (Å²) in [6.07, 6.45) is 0.873. The number of hydrogen-bond acceptors (Lipinski definition) is 2. The Labute approximate surface area is 347 Å². The number of aryl methyl sites for hydroxylation is 2. The Morgan fingerprint density at radius 3 is 0.627 bits per heavy atom. The lowest BCUT2D eigenvalue weighted by atomic mass is 9.96. The number of hydrogen-bond donors (Lipinski definition) is 0. The number of nitrogens with zero attached hydrogens (tertiary/aromatic N) is 1. The maximum Gasteiger partial charge on any atom is 0.150 e. The highest BCUT2D eigenvalue weighted by atomic mass is 16.1. The van der Waals surface area contributed by atoms with Crippen LogP contribution in [0.5, 0.6) is 0 Å². The maximum absolute atomic E-state index is 11.0. The summed E-state index contributed by atoms with van der Waals surface area (Å²) in [6.45, 7) is 4.25. The van der Waals surface area contributed by atoms with Crippen LogP contribution in [-0.4, -0.2) is 6.29 Å². The van der Waals surface area contributed by atoms with Crippen LogP contribution in [0.4, 0.5) is 17.1 Å². The molecule has 0 amide bonds. The maximum atomic E-state index is 11.0. The van der Waals surface area contributed by atoms with E-state index in [1.807, 2.05) is 24.3 Å². The van der Waals surface area contributed by atoms with Crippen LogP contribution >= 0.6 is 0 Å². The van der Waals surface area contributed by atoms with Gasteiger partial charge in [0.05, 0.1) is 0 Å². The zero-order valence-electron chi connectivity index (χ0n) is 33.2. The van der Waals surface area contributed by atoms with Crippen molar-refractivity contribution in [3.63, 3.8) is 0 Å². The third kappa shape index (κ3) is 8.16. The number of anilines is 3. The minimum Gasteiger partial charge on any atom is -0.311 e. The van der Waals surface area contributed by atoms with E-state index in [0.717, 1.165) is 34.5 Å². The van der Waals surface area contributed by atoms with E-state index in [9.17, 15) is 4.79 Å². The van der Waals surface area contributed by atoms with Crippen molar-refractivity contribution in [1.82, 2.24) is 0 Å². The Morgan fingerprint density at radius 2 is 0.424 bits per heavy atom. The van der Waals surface area contributed by atoms with Crippen LogP contribution in [0.2, 0.25) is 0 Å². The SMILES string of the molecule is Cc1ccc(N(c2ccc(C)cc2)c2ccc(-c3ccc(-c4ccc(-c5ccc(-c6ccc(-c7ccc(-c8ccc(C=O)cc8)cc7)cc6)cc5)cc4)cc3)cc2)cc1. The fourth-order valence-corrected chi connectivity index (χ4v) is 7.67. The Bertz CT molecular complexity index is 2760. The van der Waals surface area contributed by atoms with Crippen molar-refractivity contribution in [3.8, 4) is 66.8 Å². The molecular weight excluding hydrogens is 715 g/mol. The lowest BCUT2D eigenvalue weighted by Gasteiger charge is -2.26. The number of carbonyl (C=O) groups excluding carboxylic acids is 1. The van der Waals surface area contributed by atoms with Gasteiger partial charge in [0.2, 0.25) is 0 Å². The van der Waals surface area contributed by atoms with E-state index >= 15 is 0 Å². The van der Waals surface area contributed by atoms with E-state index in [-0.39, 0.29) is 0 Å². The van der Waals surface area contributed by atoms with Crippen LogP contribution in [0.3, 0.4) is 0 Å². The molecule has 282 valence electrons. The van der Waals surface area contributed by atoms with Gasteiger partial charge in [0, 0.05) is 22.6 Å². The molecule has 0 spiro atoms. The van der Waals surface area contributed by atoms with Gasteiger partial charge in [0.1, 0.15) is 6.29 Å². The Hall–Kier alpha value is -7.55. The van der Waals surface area contributed by atoms with Gasteiger partial charge in [-0.2, -0.15) is 0 Å². The number of rotatable bonds is 10. The van der Waals surface area contributed by atoms with Crippen LogP contribution in [0, 0.1) is 13.8 Å². The predicted octanol–water partition coefficient (Wildman–Crippen LogP) is 15.6. The highest BCUT2D eigenvalue weighted by Crippen LogP contribution is 2.37. The van der Waals surface area contributed by atoms with E-state index in [1.54, 1.807) is 0 Å². The molecular formula is C57H43NO. The number of benzene rings is 9. The minimum atomic E-state index is 0.687. The fourth-order valence-electron chi connectivity index (χ4n) is 7.67. The smallest absolute Gasteiger partial charge is 0.150 e. The summed E-state index contributed by atoms with van der Waals surface area (Å²) < 4.78 is 0. The molecule has 9 aromatic carbocycles. The van der Waals surface area contributed by atoms with Gasteiger partial charge in [-0.15, -0.1) is 0 Å². The first-order valence-corrected chi connectivity index (χ1v) is 20.1. The average molecular weight is 758 g/mol. The van der Waals surface area contributed by atoms with Gasteiger partial charge in [-0.3, -0.25) is 4.79 Å². The molecule has 0 aromatic heterocycles. The molecule has 0 unspecified atom stereocenters. The first kappa shape index (κ1) is 37.1.